The summed E-state index contributed by atoms with van der Waals surface area (Å²) in [6.07, 6.45) is 2.46. The number of fused-ring (bicyclic) bond motifs is 3. The number of sulfonamides is 1. The van der Waals surface area contributed by atoms with Crippen LogP contribution in [0.3, 0.4) is 0 Å². The monoisotopic (exact) mass is 644 g/mol. The lowest BCUT2D eigenvalue weighted by Gasteiger charge is -2.24. The molecule has 7 rings (SSSR count). The number of halogens is 1. The van der Waals surface area contributed by atoms with Crippen molar-refractivity contribution in [2.24, 2.45) is 0 Å². The van der Waals surface area contributed by atoms with Gasteiger partial charge in [-0.1, -0.05) is 112 Å². The van der Waals surface area contributed by atoms with E-state index in [0.717, 1.165) is 32.3 Å². The number of hydrogen-bond acceptors (Lipinski definition) is 2. The molecular weight excluding hydrogens is 616 g/mol. The molecule has 4 nitrogen and oxygen atoms in total. The number of hydrogen-bond donors (Lipinski definition) is 0. The Morgan fingerprint density at radius 1 is 0.767 bits per heavy atom. The molecule has 1 unspecified atom stereocenters. The number of allylic oxidation sites excluding steroid dienone is 1. The second-order valence-electron chi connectivity index (χ2n) is 10.9. The van der Waals surface area contributed by atoms with Crippen LogP contribution in [0.2, 0.25) is 0 Å². The van der Waals surface area contributed by atoms with Gasteiger partial charge in [0.15, 0.2) is 0 Å². The van der Waals surface area contributed by atoms with Crippen molar-refractivity contribution in [3.05, 3.63) is 167 Å². The molecule has 5 aromatic carbocycles. The number of rotatable bonds is 6. The zero-order valence-electron chi connectivity index (χ0n) is 23.6. The lowest BCUT2D eigenvalue weighted by atomic mass is 9.96. The van der Waals surface area contributed by atoms with Crippen LogP contribution in [0, 0.1) is 6.92 Å². The molecule has 43 heavy (non-hydrogen) atoms. The molecule has 1 aliphatic rings. The first-order chi connectivity index (χ1) is 20.9. The summed E-state index contributed by atoms with van der Waals surface area (Å²) in [6, 6.07) is 43.6. The normalized spacial score (nSPS) is 15.6. The van der Waals surface area contributed by atoms with Gasteiger partial charge in [-0.3, -0.25) is 0 Å². The minimum absolute atomic E-state index is 0.176. The number of aryl methyl sites for hydroxylation is 1. The summed E-state index contributed by atoms with van der Waals surface area (Å²) in [5, 5.41) is 1.20. The molecule has 0 fully saturated rings. The molecule has 0 bridgehead atoms. The molecule has 0 saturated carbocycles. The molecule has 0 aliphatic carbocycles. The summed E-state index contributed by atoms with van der Waals surface area (Å²) < 4.78 is 33.4. The van der Waals surface area contributed by atoms with Crippen molar-refractivity contribution in [2.75, 3.05) is 4.31 Å². The maximum absolute atomic E-state index is 14.3. The van der Waals surface area contributed by atoms with Crippen LogP contribution in [0.5, 0.6) is 0 Å². The first kappa shape index (κ1) is 27.4. The Kier molecular flexibility index (Phi) is 7.04. The van der Waals surface area contributed by atoms with Crippen molar-refractivity contribution in [3.63, 3.8) is 0 Å². The van der Waals surface area contributed by atoms with Gasteiger partial charge in [0.05, 0.1) is 16.6 Å². The van der Waals surface area contributed by atoms with E-state index in [9.17, 15) is 8.42 Å². The predicted molar refractivity (Wildman–Crippen MR) is 179 cm³/mol. The Bertz CT molecular complexity index is 2070. The first-order valence-corrected chi connectivity index (χ1v) is 16.4. The highest BCUT2D eigenvalue weighted by Gasteiger charge is 2.35. The van der Waals surface area contributed by atoms with Gasteiger partial charge in [0.1, 0.15) is 0 Å². The zero-order valence-corrected chi connectivity index (χ0v) is 26.0. The molecular formula is C37H29BrN2O2S. The van der Waals surface area contributed by atoms with E-state index in [4.69, 9.17) is 0 Å². The van der Waals surface area contributed by atoms with Crippen LogP contribution in [0.25, 0.3) is 22.0 Å². The Hall–Kier alpha value is -4.39. The van der Waals surface area contributed by atoms with E-state index >= 15 is 0 Å². The smallest absolute Gasteiger partial charge is 0.268 e. The predicted octanol–water partition coefficient (Wildman–Crippen LogP) is 9.30. The third kappa shape index (κ3) is 4.90. The Morgan fingerprint density at radius 3 is 2.09 bits per heavy atom. The quantitative estimate of drug-likeness (QED) is 0.181. The van der Waals surface area contributed by atoms with Crippen LogP contribution >= 0.6 is 15.9 Å². The van der Waals surface area contributed by atoms with Gasteiger partial charge in [0.2, 0.25) is 0 Å². The average Bonchev–Trinajstić information content (AvgIpc) is 3.55. The molecule has 0 N–H and O–H groups in total. The minimum Gasteiger partial charge on any atom is -0.332 e. The van der Waals surface area contributed by atoms with Gasteiger partial charge in [-0.25, -0.2) is 12.7 Å². The van der Waals surface area contributed by atoms with Crippen LogP contribution < -0.4 is 4.31 Å². The number of anilines is 1. The largest absolute Gasteiger partial charge is 0.332 e. The highest BCUT2D eigenvalue weighted by molar-refractivity contribution is 9.10. The summed E-state index contributed by atoms with van der Waals surface area (Å²) in [4.78, 5) is 0.252. The van der Waals surface area contributed by atoms with E-state index in [0.29, 0.717) is 12.1 Å². The lowest BCUT2D eigenvalue weighted by molar-refractivity contribution is 0.595. The average molecular weight is 646 g/mol. The second-order valence-corrected chi connectivity index (χ2v) is 13.6. The molecule has 212 valence electrons. The van der Waals surface area contributed by atoms with E-state index in [2.05, 4.69) is 81.2 Å². The van der Waals surface area contributed by atoms with E-state index < -0.39 is 10.0 Å². The summed E-state index contributed by atoms with van der Waals surface area (Å²) in [6.45, 7) is 1.96. The maximum Gasteiger partial charge on any atom is 0.268 e. The minimum atomic E-state index is -3.92. The topological polar surface area (TPSA) is 42.3 Å². The molecule has 0 radical (unpaired) electrons. The molecule has 0 saturated heterocycles. The van der Waals surface area contributed by atoms with Gasteiger partial charge in [0, 0.05) is 39.3 Å². The molecule has 0 amide bonds. The summed E-state index contributed by atoms with van der Waals surface area (Å²) in [7, 11) is -3.92. The van der Waals surface area contributed by atoms with Crippen LogP contribution in [-0.4, -0.2) is 13.0 Å². The Labute approximate surface area is 260 Å². The Morgan fingerprint density at radius 2 is 1.40 bits per heavy atom. The van der Waals surface area contributed by atoms with Gasteiger partial charge in [-0.2, -0.15) is 0 Å². The van der Waals surface area contributed by atoms with Crippen molar-refractivity contribution < 1.29 is 8.42 Å². The zero-order chi connectivity index (χ0) is 29.6. The molecule has 0 spiro atoms. The van der Waals surface area contributed by atoms with Gasteiger partial charge in [0.25, 0.3) is 10.0 Å². The molecule has 6 aromatic rings. The van der Waals surface area contributed by atoms with E-state index in [1.54, 1.807) is 12.1 Å². The van der Waals surface area contributed by atoms with Gasteiger partial charge in [-0.05, 0) is 66.1 Å². The van der Waals surface area contributed by atoms with Crippen molar-refractivity contribution in [2.45, 2.75) is 24.3 Å². The fourth-order valence-electron chi connectivity index (χ4n) is 6.13. The summed E-state index contributed by atoms with van der Waals surface area (Å²) in [5.74, 6) is 0. The third-order valence-corrected chi connectivity index (χ3v) is 10.3. The van der Waals surface area contributed by atoms with Crippen molar-refractivity contribution in [1.82, 2.24) is 4.57 Å². The second kappa shape index (κ2) is 11.0. The molecule has 1 atom stereocenters. The van der Waals surface area contributed by atoms with Crippen LogP contribution in [0.1, 0.15) is 22.9 Å². The van der Waals surface area contributed by atoms with Crippen molar-refractivity contribution in [3.8, 4) is 11.1 Å². The molecule has 2 heterocycles. The maximum atomic E-state index is 14.3. The van der Waals surface area contributed by atoms with E-state index in [1.807, 2.05) is 73.8 Å². The Balaban J connectivity index is 1.48. The fourth-order valence-corrected chi connectivity index (χ4v) is 7.77. The van der Waals surface area contributed by atoms with Crippen LogP contribution in [-0.2, 0) is 16.4 Å². The number of para-hydroxylation sites is 1. The molecule has 6 heteroatoms. The highest BCUT2D eigenvalue weighted by atomic mass is 79.9. The van der Waals surface area contributed by atoms with E-state index in [-0.39, 0.29) is 10.9 Å². The van der Waals surface area contributed by atoms with Crippen molar-refractivity contribution >= 4 is 42.5 Å². The number of nitrogens with zero attached hydrogens (tertiary/aromatic N) is 2. The first-order valence-electron chi connectivity index (χ1n) is 14.2. The van der Waals surface area contributed by atoms with E-state index in [1.165, 1.54) is 20.9 Å². The SMILES string of the molecule is Cc1ccc(S(=O)(=O)N(/C=C2\Cc3c(-c4ccccc4)c4ccccc4n3C2c2ccccc2)c2ccc(Br)cc2)cc1. The number of benzene rings is 5. The standard InChI is InChI=1S/C37H29BrN2O2S/c1-26-16-22-32(23-17-26)43(41,42)39(31-20-18-30(38)19-21-31)25-29-24-35-36(27-10-4-2-5-11-27)33-14-8-9-15-34(33)40(35)37(29)28-12-6-3-7-13-28/h2-23,25,37H,24H2,1H3/b29-25+. The lowest BCUT2D eigenvalue weighted by Crippen LogP contribution is -2.27. The summed E-state index contributed by atoms with van der Waals surface area (Å²) in [5.41, 5.74) is 8.34. The third-order valence-electron chi connectivity index (χ3n) is 8.11. The van der Waals surface area contributed by atoms with Crippen LogP contribution in [0.4, 0.5) is 5.69 Å². The van der Waals surface area contributed by atoms with Crippen LogP contribution in [0.15, 0.2) is 155 Å². The number of aromatic nitrogens is 1. The summed E-state index contributed by atoms with van der Waals surface area (Å²) >= 11 is 3.51. The van der Waals surface area contributed by atoms with Gasteiger partial charge in [-0.15, -0.1) is 0 Å². The van der Waals surface area contributed by atoms with Gasteiger partial charge < -0.3 is 4.57 Å². The highest BCUT2D eigenvalue weighted by Crippen LogP contribution is 2.47. The van der Waals surface area contributed by atoms with Gasteiger partial charge >= 0.3 is 0 Å². The molecule has 1 aromatic heterocycles. The molecule has 1 aliphatic heterocycles. The van der Waals surface area contributed by atoms with Crippen molar-refractivity contribution in [1.29, 1.82) is 0 Å². The fraction of sp³-hybridized carbons (Fsp3) is 0.0811.